The summed E-state index contributed by atoms with van der Waals surface area (Å²) in [6, 6.07) is 3.72. The lowest BCUT2D eigenvalue weighted by Crippen LogP contribution is -2.44. The first-order chi connectivity index (χ1) is 9.25. The van der Waals surface area contributed by atoms with Crippen molar-refractivity contribution in [3.05, 3.63) is 29.8 Å². The summed E-state index contributed by atoms with van der Waals surface area (Å²) in [6.45, 7) is 3.24. The van der Waals surface area contributed by atoms with E-state index in [4.69, 9.17) is 0 Å². The van der Waals surface area contributed by atoms with Gasteiger partial charge in [-0.3, -0.25) is 5.10 Å². The van der Waals surface area contributed by atoms with Gasteiger partial charge in [0.25, 0.3) is 0 Å². The molecule has 0 bridgehead atoms. The molecule has 2 heterocycles. The zero-order valence-corrected chi connectivity index (χ0v) is 10.2. The summed E-state index contributed by atoms with van der Waals surface area (Å²) in [5.41, 5.74) is -0.170. The van der Waals surface area contributed by atoms with Gasteiger partial charge in [0.2, 0.25) is 5.95 Å². The molecule has 0 amide bonds. The van der Waals surface area contributed by atoms with E-state index in [-0.39, 0.29) is 11.4 Å². The monoisotopic (exact) mass is 265 g/mol. The van der Waals surface area contributed by atoms with Crippen LogP contribution in [0.3, 0.4) is 0 Å². The third-order valence-corrected chi connectivity index (χ3v) is 3.07. The number of benzene rings is 1. The van der Waals surface area contributed by atoms with Crippen LogP contribution in [0, 0.1) is 11.6 Å². The molecule has 2 aromatic rings. The molecule has 7 heteroatoms. The number of aromatic nitrogens is 3. The smallest absolute Gasteiger partial charge is 0.245 e. The van der Waals surface area contributed by atoms with Crippen LogP contribution in [0.4, 0.5) is 14.7 Å². The minimum Gasteiger partial charge on any atom is -0.337 e. The van der Waals surface area contributed by atoms with Gasteiger partial charge in [-0.1, -0.05) is 6.07 Å². The van der Waals surface area contributed by atoms with E-state index in [1.807, 2.05) is 4.90 Å². The summed E-state index contributed by atoms with van der Waals surface area (Å²) >= 11 is 0. The van der Waals surface area contributed by atoms with Gasteiger partial charge in [-0.15, -0.1) is 5.10 Å². The van der Waals surface area contributed by atoms with Gasteiger partial charge in [-0.25, -0.2) is 8.78 Å². The Morgan fingerprint density at radius 2 is 1.79 bits per heavy atom. The molecule has 1 saturated heterocycles. The van der Waals surface area contributed by atoms with Crippen LogP contribution in [0.2, 0.25) is 0 Å². The Balaban J connectivity index is 1.92. The average molecular weight is 265 g/mol. The lowest BCUT2D eigenvalue weighted by atomic mass is 10.2. The number of anilines is 1. The maximum atomic E-state index is 13.6. The molecule has 1 fully saturated rings. The van der Waals surface area contributed by atoms with Crippen LogP contribution in [-0.2, 0) is 0 Å². The second-order valence-corrected chi connectivity index (χ2v) is 4.32. The van der Waals surface area contributed by atoms with E-state index in [0.29, 0.717) is 5.95 Å². The SMILES string of the molecule is Fc1cccc(F)c1-c1nc(N2CCNCC2)n[nH]1. The van der Waals surface area contributed by atoms with Gasteiger partial charge in [0.15, 0.2) is 5.82 Å². The number of hydrogen-bond donors (Lipinski definition) is 2. The third-order valence-electron chi connectivity index (χ3n) is 3.07. The predicted molar refractivity (Wildman–Crippen MR) is 66.8 cm³/mol. The fraction of sp³-hybridized carbons (Fsp3) is 0.333. The second kappa shape index (κ2) is 4.93. The van der Waals surface area contributed by atoms with Crippen molar-refractivity contribution in [1.82, 2.24) is 20.5 Å². The Morgan fingerprint density at radius 1 is 1.11 bits per heavy atom. The van der Waals surface area contributed by atoms with Crippen LogP contribution >= 0.6 is 0 Å². The third kappa shape index (κ3) is 2.28. The molecule has 3 rings (SSSR count). The van der Waals surface area contributed by atoms with Crippen molar-refractivity contribution in [2.75, 3.05) is 31.1 Å². The van der Waals surface area contributed by atoms with Gasteiger partial charge in [0.05, 0.1) is 5.56 Å². The number of nitrogens with one attached hydrogen (secondary N) is 2. The normalized spacial score (nSPS) is 15.8. The zero-order chi connectivity index (χ0) is 13.2. The molecule has 1 aliphatic rings. The molecule has 100 valence electrons. The lowest BCUT2D eigenvalue weighted by Gasteiger charge is -2.25. The van der Waals surface area contributed by atoms with Crippen molar-refractivity contribution in [2.24, 2.45) is 0 Å². The lowest BCUT2D eigenvalue weighted by molar-refractivity contribution is 0.580. The molecular weight excluding hydrogens is 252 g/mol. The van der Waals surface area contributed by atoms with E-state index in [1.165, 1.54) is 18.2 Å². The topological polar surface area (TPSA) is 56.8 Å². The zero-order valence-electron chi connectivity index (χ0n) is 10.2. The molecule has 19 heavy (non-hydrogen) atoms. The summed E-state index contributed by atoms with van der Waals surface area (Å²) in [4.78, 5) is 6.14. The highest BCUT2D eigenvalue weighted by molar-refractivity contribution is 5.58. The summed E-state index contributed by atoms with van der Waals surface area (Å²) in [5, 5.41) is 9.84. The van der Waals surface area contributed by atoms with E-state index < -0.39 is 11.6 Å². The molecule has 1 aromatic carbocycles. The number of aromatic amines is 1. The van der Waals surface area contributed by atoms with Crippen molar-refractivity contribution in [3.63, 3.8) is 0 Å². The number of hydrogen-bond acceptors (Lipinski definition) is 4. The number of piperazine rings is 1. The predicted octanol–water partition coefficient (Wildman–Crippen LogP) is 1.16. The number of halogens is 2. The van der Waals surface area contributed by atoms with E-state index >= 15 is 0 Å². The van der Waals surface area contributed by atoms with E-state index in [2.05, 4.69) is 20.5 Å². The van der Waals surface area contributed by atoms with Crippen LogP contribution < -0.4 is 10.2 Å². The quantitative estimate of drug-likeness (QED) is 0.855. The summed E-state index contributed by atoms with van der Waals surface area (Å²) in [6.07, 6.45) is 0. The molecule has 1 aromatic heterocycles. The minimum atomic E-state index is -0.650. The largest absolute Gasteiger partial charge is 0.337 e. The highest BCUT2D eigenvalue weighted by atomic mass is 19.1. The minimum absolute atomic E-state index is 0.115. The molecule has 2 N–H and O–H groups in total. The van der Waals surface area contributed by atoms with Gasteiger partial charge >= 0.3 is 0 Å². The van der Waals surface area contributed by atoms with Gasteiger partial charge in [-0.2, -0.15) is 4.98 Å². The van der Waals surface area contributed by atoms with Crippen molar-refractivity contribution in [1.29, 1.82) is 0 Å². The van der Waals surface area contributed by atoms with Crippen molar-refractivity contribution >= 4 is 5.95 Å². The van der Waals surface area contributed by atoms with E-state index in [9.17, 15) is 8.78 Å². The molecule has 0 atom stereocenters. The Bertz CT molecular complexity index is 557. The summed E-state index contributed by atoms with van der Waals surface area (Å²) < 4.78 is 27.3. The maximum Gasteiger partial charge on any atom is 0.245 e. The van der Waals surface area contributed by atoms with Crippen molar-refractivity contribution < 1.29 is 8.78 Å². The number of nitrogens with zero attached hydrogens (tertiary/aromatic N) is 3. The Kier molecular flexibility index (Phi) is 3.12. The molecule has 5 nitrogen and oxygen atoms in total. The first-order valence-corrected chi connectivity index (χ1v) is 6.08. The Hall–Kier alpha value is -2.02. The van der Waals surface area contributed by atoms with Crippen LogP contribution in [0.1, 0.15) is 0 Å². The molecular formula is C12H13F2N5. The summed E-state index contributed by atoms with van der Waals surface area (Å²) in [5.74, 6) is -0.714. The van der Waals surface area contributed by atoms with Crippen LogP contribution in [0.15, 0.2) is 18.2 Å². The summed E-state index contributed by atoms with van der Waals surface area (Å²) in [7, 11) is 0. The van der Waals surface area contributed by atoms with E-state index in [1.54, 1.807) is 0 Å². The first kappa shape index (κ1) is 12.0. The van der Waals surface area contributed by atoms with Crippen LogP contribution in [0.25, 0.3) is 11.4 Å². The van der Waals surface area contributed by atoms with Crippen molar-refractivity contribution in [2.45, 2.75) is 0 Å². The van der Waals surface area contributed by atoms with E-state index in [0.717, 1.165) is 26.2 Å². The standard InChI is InChI=1S/C12H13F2N5/c13-8-2-1-3-9(14)10(8)11-16-12(18-17-11)19-6-4-15-5-7-19/h1-3,15H,4-7H2,(H,16,17,18). The number of H-pyrrole nitrogens is 1. The fourth-order valence-corrected chi connectivity index (χ4v) is 2.10. The van der Waals surface area contributed by atoms with Gasteiger partial charge < -0.3 is 10.2 Å². The number of rotatable bonds is 2. The molecule has 0 aliphatic carbocycles. The highest BCUT2D eigenvalue weighted by Gasteiger charge is 2.19. The molecule has 0 saturated carbocycles. The van der Waals surface area contributed by atoms with Gasteiger partial charge in [-0.05, 0) is 12.1 Å². The highest BCUT2D eigenvalue weighted by Crippen LogP contribution is 2.24. The van der Waals surface area contributed by atoms with Crippen LogP contribution in [-0.4, -0.2) is 41.4 Å². The maximum absolute atomic E-state index is 13.6. The molecule has 1 aliphatic heterocycles. The average Bonchev–Trinajstić information content (AvgIpc) is 2.89. The Morgan fingerprint density at radius 3 is 2.47 bits per heavy atom. The van der Waals surface area contributed by atoms with Gasteiger partial charge in [0.1, 0.15) is 11.6 Å². The molecule has 0 spiro atoms. The molecule has 0 unspecified atom stereocenters. The van der Waals surface area contributed by atoms with Crippen LogP contribution in [0.5, 0.6) is 0 Å². The first-order valence-electron chi connectivity index (χ1n) is 6.08. The second-order valence-electron chi connectivity index (χ2n) is 4.32. The molecule has 0 radical (unpaired) electrons. The van der Waals surface area contributed by atoms with Crippen molar-refractivity contribution in [3.8, 4) is 11.4 Å². The Labute approximate surface area is 108 Å². The fourth-order valence-electron chi connectivity index (χ4n) is 2.10. The van der Waals surface area contributed by atoms with Gasteiger partial charge in [0, 0.05) is 26.2 Å².